The van der Waals surface area contributed by atoms with Gasteiger partial charge in [0.25, 0.3) is 6.71 Å². The lowest BCUT2D eigenvalue weighted by molar-refractivity contribution is 0.590. The van der Waals surface area contributed by atoms with Crippen LogP contribution in [0.4, 0.5) is 34.1 Å². The van der Waals surface area contributed by atoms with E-state index < -0.39 is 0 Å². The predicted octanol–water partition coefficient (Wildman–Crippen LogP) is 16.5. The van der Waals surface area contributed by atoms with Crippen LogP contribution in [0.3, 0.4) is 0 Å². The predicted molar refractivity (Wildman–Crippen MR) is 309 cm³/mol. The van der Waals surface area contributed by atoms with E-state index in [-0.39, 0.29) is 17.5 Å². The molecule has 11 aromatic rings. The third kappa shape index (κ3) is 7.11. The Balaban J connectivity index is 1.15. The Labute approximate surface area is 424 Å². The van der Waals surface area contributed by atoms with Gasteiger partial charge in [-0.15, -0.1) is 0 Å². The van der Waals surface area contributed by atoms with E-state index in [1.807, 2.05) is 0 Å². The Kier molecular flexibility index (Phi) is 10.1. The fourth-order valence-corrected chi connectivity index (χ4v) is 11.6. The highest BCUT2D eigenvalue weighted by molar-refractivity contribution is 7.00. The number of rotatable bonds is 6. The topological polar surface area (TPSA) is 11.4 Å². The molecule has 0 unspecified atom stereocenters. The molecule has 0 N–H and O–H groups in total. The number of fused-ring (bicyclic) bond motifs is 7. The van der Waals surface area contributed by atoms with Gasteiger partial charge in [-0.25, -0.2) is 0 Å². The van der Waals surface area contributed by atoms with E-state index in [0.717, 1.165) is 22.6 Å². The van der Waals surface area contributed by atoms with Crippen LogP contribution < -0.4 is 26.2 Å². The van der Waals surface area contributed by atoms with Crippen LogP contribution in [-0.4, -0.2) is 11.3 Å². The first kappa shape index (κ1) is 43.7. The Bertz CT molecular complexity index is 3690. The Morgan fingerprint density at radius 2 is 0.778 bits per heavy atom. The Morgan fingerprint density at radius 3 is 1.28 bits per heavy atom. The SMILES string of the molecule is CC(C)(C)c1ccc2c(c1)B1c3cc(C(C)(C)C)ccc3N(c3ccc(-c4ccccc4)cc3)c3cc(-c4cccc5c6ccccc6n(-c6ccccc6)c45)cc(c31)N2c1ccc(-c2ccccc2)cc1. The molecule has 0 radical (unpaired) electrons. The molecule has 0 aliphatic carbocycles. The molecule has 72 heavy (non-hydrogen) atoms. The minimum atomic E-state index is -0.0582. The summed E-state index contributed by atoms with van der Waals surface area (Å²) in [6, 6.07) is 86.2. The summed E-state index contributed by atoms with van der Waals surface area (Å²) in [7, 11) is 0. The van der Waals surface area contributed by atoms with Crippen molar-refractivity contribution in [3.8, 4) is 39.1 Å². The van der Waals surface area contributed by atoms with Crippen molar-refractivity contribution in [1.82, 2.24) is 4.57 Å². The van der Waals surface area contributed by atoms with Crippen molar-refractivity contribution in [2.45, 2.75) is 52.4 Å². The van der Waals surface area contributed by atoms with Gasteiger partial charge in [0.15, 0.2) is 0 Å². The van der Waals surface area contributed by atoms with E-state index in [4.69, 9.17) is 0 Å². The van der Waals surface area contributed by atoms with Crippen LogP contribution in [0.2, 0.25) is 0 Å². The molecule has 2 aliphatic heterocycles. The highest BCUT2D eigenvalue weighted by Gasteiger charge is 2.44. The van der Waals surface area contributed by atoms with Gasteiger partial charge in [0.05, 0.1) is 11.0 Å². The largest absolute Gasteiger partial charge is 0.311 e. The second kappa shape index (κ2) is 16.6. The minimum absolute atomic E-state index is 0.0371. The maximum Gasteiger partial charge on any atom is 0.252 e. The monoisotopic (exact) mass is 925 g/mol. The molecule has 0 atom stereocenters. The average molecular weight is 926 g/mol. The zero-order valence-corrected chi connectivity index (χ0v) is 41.9. The van der Waals surface area contributed by atoms with Crippen molar-refractivity contribution in [3.63, 3.8) is 0 Å². The van der Waals surface area contributed by atoms with E-state index in [2.05, 4.69) is 286 Å². The lowest BCUT2D eigenvalue weighted by Crippen LogP contribution is -2.61. The summed E-state index contributed by atoms with van der Waals surface area (Å²) >= 11 is 0. The summed E-state index contributed by atoms with van der Waals surface area (Å²) < 4.78 is 2.47. The van der Waals surface area contributed by atoms with Crippen molar-refractivity contribution in [2.24, 2.45) is 0 Å². The van der Waals surface area contributed by atoms with Gasteiger partial charge in [0.1, 0.15) is 0 Å². The smallest absolute Gasteiger partial charge is 0.252 e. The van der Waals surface area contributed by atoms with Crippen molar-refractivity contribution < 1.29 is 0 Å². The molecule has 0 fully saturated rings. The van der Waals surface area contributed by atoms with Crippen molar-refractivity contribution in [1.29, 1.82) is 0 Å². The summed E-state index contributed by atoms with van der Waals surface area (Å²) in [5.41, 5.74) is 24.2. The van der Waals surface area contributed by atoms with Crippen LogP contribution in [-0.2, 0) is 10.8 Å². The fraction of sp³-hybridized carbons (Fsp3) is 0.118. The van der Waals surface area contributed by atoms with Crippen molar-refractivity contribution >= 4 is 79.0 Å². The zero-order chi connectivity index (χ0) is 48.9. The lowest BCUT2D eigenvalue weighted by Gasteiger charge is -2.45. The quantitative estimate of drug-likeness (QED) is 0.154. The van der Waals surface area contributed by atoms with Gasteiger partial charge in [0.2, 0.25) is 0 Å². The maximum atomic E-state index is 2.57. The average Bonchev–Trinajstić information content (AvgIpc) is 3.75. The van der Waals surface area contributed by atoms with E-state index in [1.54, 1.807) is 0 Å². The molecule has 0 saturated carbocycles. The highest BCUT2D eigenvalue weighted by Crippen LogP contribution is 2.49. The molecule has 0 amide bonds. The van der Waals surface area contributed by atoms with Gasteiger partial charge in [-0.2, -0.15) is 0 Å². The van der Waals surface area contributed by atoms with Gasteiger partial charge in [-0.3, -0.25) is 0 Å². The molecule has 3 nitrogen and oxygen atoms in total. The number of hydrogen-bond donors (Lipinski definition) is 0. The molecule has 2 aliphatic rings. The van der Waals surface area contributed by atoms with E-state index in [1.165, 1.54) is 99.9 Å². The third-order valence-corrected chi connectivity index (χ3v) is 15.3. The van der Waals surface area contributed by atoms with Crippen LogP contribution in [0.25, 0.3) is 60.9 Å². The van der Waals surface area contributed by atoms with E-state index in [9.17, 15) is 0 Å². The van der Waals surface area contributed by atoms with Crippen LogP contribution in [0.5, 0.6) is 0 Å². The summed E-state index contributed by atoms with van der Waals surface area (Å²) in [5, 5.41) is 2.48. The number of aromatic nitrogens is 1. The Morgan fingerprint density at radius 1 is 0.333 bits per heavy atom. The lowest BCUT2D eigenvalue weighted by atomic mass is 9.33. The van der Waals surface area contributed by atoms with Gasteiger partial charge in [0, 0.05) is 56.1 Å². The fourth-order valence-electron chi connectivity index (χ4n) is 11.6. The second-order valence-corrected chi connectivity index (χ2v) is 21.8. The first-order chi connectivity index (χ1) is 35.0. The van der Waals surface area contributed by atoms with Crippen LogP contribution in [0.15, 0.2) is 231 Å². The summed E-state index contributed by atoms with van der Waals surface area (Å²) in [5.74, 6) is 0. The van der Waals surface area contributed by atoms with Crippen LogP contribution in [0, 0.1) is 0 Å². The molecule has 4 heteroatoms. The van der Waals surface area contributed by atoms with E-state index in [0.29, 0.717) is 0 Å². The molecule has 13 rings (SSSR count). The molecule has 3 heterocycles. The van der Waals surface area contributed by atoms with Gasteiger partial charge in [-0.05, 0) is 133 Å². The molecule has 0 spiro atoms. The first-order valence-corrected chi connectivity index (χ1v) is 25.5. The third-order valence-electron chi connectivity index (χ3n) is 15.3. The first-order valence-electron chi connectivity index (χ1n) is 25.5. The molecule has 0 saturated heterocycles. The summed E-state index contributed by atoms with van der Waals surface area (Å²) in [4.78, 5) is 5.13. The molecule has 10 aromatic carbocycles. The maximum absolute atomic E-state index is 2.57. The summed E-state index contributed by atoms with van der Waals surface area (Å²) in [6.07, 6.45) is 0. The van der Waals surface area contributed by atoms with Gasteiger partial charge in [-0.1, -0.05) is 205 Å². The summed E-state index contributed by atoms with van der Waals surface area (Å²) in [6.45, 7) is 14.0. The van der Waals surface area contributed by atoms with Crippen molar-refractivity contribution in [3.05, 3.63) is 242 Å². The molecule has 1 aromatic heterocycles. The molecular weight excluding hydrogens is 870 g/mol. The molecular formula is C68H56BN3. The minimum Gasteiger partial charge on any atom is -0.311 e. The normalized spacial score (nSPS) is 13.1. The standard InChI is InChI=1S/C68H56BN3/c1-67(2,3)50-33-39-61-58(43-50)69-59-44-51(68(4,5)6)34-40-62(59)71(54-37-31-48(32-38-54)46-21-12-8-13-22-46)64-42-49(41-63(65(64)69)70(61)53-35-29-47(30-36-53)45-19-10-7-11-20-45)55-26-18-27-57-56-25-16-17-28-60(56)72(66(55)57)52-23-14-9-15-24-52/h7-44H,1-6H3. The number of anilines is 6. The second-order valence-electron chi connectivity index (χ2n) is 21.8. The Hall–Kier alpha value is -8.34. The van der Waals surface area contributed by atoms with Gasteiger partial charge < -0.3 is 14.4 Å². The van der Waals surface area contributed by atoms with Crippen LogP contribution in [0.1, 0.15) is 52.7 Å². The zero-order valence-electron chi connectivity index (χ0n) is 41.9. The highest BCUT2D eigenvalue weighted by atomic mass is 15.2. The molecule has 0 bridgehead atoms. The number of nitrogens with zero attached hydrogens (tertiary/aromatic N) is 3. The van der Waals surface area contributed by atoms with Crippen LogP contribution >= 0.6 is 0 Å². The number of hydrogen-bond acceptors (Lipinski definition) is 2. The van der Waals surface area contributed by atoms with Gasteiger partial charge >= 0.3 is 0 Å². The van der Waals surface area contributed by atoms with E-state index >= 15 is 0 Å². The number of para-hydroxylation sites is 3. The molecule has 346 valence electrons. The van der Waals surface area contributed by atoms with Crippen molar-refractivity contribution in [2.75, 3.05) is 9.80 Å². The number of benzene rings is 10.